The number of H-pyrrole nitrogens is 1. The quantitative estimate of drug-likeness (QED) is 0.803. The van der Waals surface area contributed by atoms with Crippen molar-refractivity contribution in [2.24, 2.45) is 0 Å². The van der Waals surface area contributed by atoms with Crippen molar-refractivity contribution in [3.05, 3.63) is 62.2 Å². The summed E-state index contributed by atoms with van der Waals surface area (Å²) in [7, 11) is 0. The van der Waals surface area contributed by atoms with Crippen LogP contribution in [0.1, 0.15) is 11.1 Å². The molecule has 0 amide bonds. The van der Waals surface area contributed by atoms with E-state index in [4.69, 9.17) is 11.0 Å². The van der Waals surface area contributed by atoms with Crippen LogP contribution in [0.3, 0.4) is 0 Å². The van der Waals surface area contributed by atoms with Gasteiger partial charge < -0.3 is 5.73 Å². The Balaban J connectivity index is 2.45. The summed E-state index contributed by atoms with van der Waals surface area (Å²) in [5.74, 6) is -0.570. The Labute approximate surface area is 106 Å². The van der Waals surface area contributed by atoms with Gasteiger partial charge in [-0.15, -0.1) is 0 Å². The molecule has 2 aromatic rings. The molecule has 7 heteroatoms. The van der Waals surface area contributed by atoms with Gasteiger partial charge in [0.1, 0.15) is 11.5 Å². The van der Waals surface area contributed by atoms with E-state index in [0.29, 0.717) is 5.56 Å². The molecule has 0 aliphatic heterocycles. The lowest BCUT2D eigenvalue weighted by Crippen LogP contribution is -2.31. The smallest absolute Gasteiger partial charge is 0.328 e. The number of halogens is 1. The first-order valence-electron chi connectivity index (χ1n) is 5.28. The molecule has 0 fully saturated rings. The minimum absolute atomic E-state index is 0.00620. The number of nitriles is 1. The number of nitrogens with zero attached hydrogens (tertiary/aromatic N) is 2. The van der Waals surface area contributed by atoms with Crippen molar-refractivity contribution in [1.29, 1.82) is 5.26 Å². The van der Waals surface area contributed by atoms with Crippen LogP contribution in [0, 0.1) is 17.1 Å². The molecule has 0 saturated carbocycles. The van der Waals surface area contributed by atoms with Crippen LogP contribution in [-0.2, 0) is 6.54 Å². The Morgan fingerprint density at radius 1 is 1.37 bits per heavy atom. The van der Waals surface area contributed by atoms with Crippen molar-refractivity contribution in [2.45, 2.75) is 6.54 Å². The van der Waals surface area contributed by atoms with Gasteiger partial charge in [0.05, 0.1) is 18.2 Å². The summed E-state index contributed by atoms with van der Waals surface area (Å²) < 4.78 is 14.4. The van der Waals surface area contributed by atoms with Gasteiger partial charge >= 0.3 is 5.69 Å². The lowest BCUT2D eigenvalue weighted by molar-refractivity contribution is 0.621. The third-order valence-corrected chi connectivity index (χ3v) is 2.48. The summed E-state index contributed by atoms with van der Waals surface area (Å²) >= 11 is 0. The van der Waals surface area contributed by atoms with Crippen LogP contribution >= 0.6 is 0 Å². The van der Waals surface area contributed by atoms with Crippen LogP contribution in [0.2, 0.25) is 0 Å². The fourth-order valence-electron chi connectivity index (χ4n) is 1.65. The summed E-state index contributed by atoms with van der Waals surface area (Å²) in [5, 5.41) is 8.73. The minimum Gasteiger partial charge on any atom is -0.393 e. The number of hydrogen-bond donors (Lipinski definition) is 2. The van der Waals surface area contributed by atoms with Gasteiger partial charge in [-0.25, -0.2) is 9.18 Å². The van der Waals surface area contributed by atoms with Gasteiger partial charge in [-0.1, -0.05) is 0 Å². The zero-order valence-corrected chi connectivity index (χ0v) is 9.68. The van der Waals surface area contributed by atoms with E-state index >= 15 is 0 Å². The predicted octanol–water partition coefficient (Wildman–Crippen LogP) is 0.178. The van der Waals surface area contributed by atoms with Gasteiger partial charge in [0, 0.05) is 6.20 Å². The standard InChI is InChI=1S/C12H9FN4O2/c13-9-2-7(4-14)1-8(3-9)5-17-6-10(15)11(18)16-12(17)19/h1-3,6H,5,15H2,(H,16,18,19). The van der Waals surface area contributed by atoms with Gasteiger partial charge in [-0.3, -0.25) is 14.3 Å². The molecule has 0 aliphatic carbocycles. The number of aromatic nitrogens is 2. The Morgan fingerprint density at radius 2 is 2.11 bits per heavy atom. The number of hydrogen-bond acceptors (Lipinski definition) is 4. The molecule has 0 radical (unpaired) electrons. The Bertz CT molecular complexity index is 786. The van der Waals surface area contributed by atoms with E-state index in [2.05, 4.69) is 0 Å². The van der Waals surface area contributed by atoms with Crippen molar-refractivity contribution in [3.8, 4) is 6.07 Å². The third-order valence-electron chi connectivity index (χ3n) is 2.48. The highest BCUT2D eigenvalue weighted by molar-refractivity contribution is 5.34. The monoisotopic (exact) mass is 260 g/mol. The fraction of sp³-hybridized carbons (Fsp3) is 0.0833. The van der Waals surface area contributed by atoms with Crippen molar-refractivity contribution >= 4 is 5.69 Å². The molecular formula is C12H9FN4O2. The zero-order valence-electron chi connectivity index (χ0n) is 9.68. The number of nitrogen functional groups attached to an aromatic ring is 1. The van der Waals surface area contributed by atoms with Crippen LogP contribution in [0.25, 0.3) is 0 Å². The Kier molecular flexibility index (Phi) is 3.16. The van der Waals surface area contributed by atoms with E-state index in [1.807, 2.05) is 11.1 Å². The molecule has 0 saturated heterocycles. The van der Waals surface area contributed by atoms with Crippen molar-refractivity contribution < 1.29 is 4.39 Å². The summed E-state index contributed by atoms with van der Waals surface area (Å²) in [6, 6.07) is 5.57. The molecule has 6 nitrogen and oxygen atoms in total. The molecule has 0 unspecified atom stereocenters. The number of anilines is 1. The second-order valence-electron chi connectivity index (χ2n) is 3.93. The van der Waals surface area contributed by atoms with E-state index in [9.17, 15) is 14.0 Å². The first-order valence-corrected chi connectivity index (χ1v) is 5.28. The molecule has 0 aliphatic rings. The maximum Gasteiger partial charge on any atom is 0.328 e. The first-order chi connectivity index (χ1) is 8.99. The number of rotatable bonds is 2. The third kappa shape index (κ3) is 2.69. The summed E-state index contributed by atoms with van der Waals surface area (Å²) in [6.45, 7) is 0.00620. The molecule has 96 valence electrons. The Hall–Kier alpha value is -2.88. The number of nitrogens with two attached hydrogens (primary N) is 1. The summed E-state index contributed by atoms with van der Waals surface area (Å²) in [4.78, 5) is 24.7. The Morgan fingerprint density at radius 3 is 2.79 bits per heavy atom. The molecular weight excluding hydrogens is 251 g/mol. The molecule has 1 aromatic heterocycles. The first kappa shape index (κ1) is 12.6. The minimum atomic E-state index is -0.668. The second kappa shape index (κ2) is 4.78. The van der Waals surface area contributed by atoms with Crippen LogP contribution in [0.5, 0.6) is 0 Å². The molecule has 2 rings (SSSR count). The maximum absolute atomic E-state index is 13.2. The van der Waals surface area contributed by atoms with E-state index in [1.165, 1.54) is 18.3 Å². The molecule has 0 bridgehead atoms. The van der Waals surface area contributed by atoms with Crippen LogP contribution in [-0.4, -0.2) is 9.55 Å². The van der Waals surface area contributed by atoms with E-state index in [1.54, 1.807) is 0 Å². The van der Waals surface area contributed by atoms with Crippen LogP contribution in [0.15, 0.2) is 34.0 Å². The van der Waals surface area contributed by atoms with Crippen molar-refractivity contribution in [1.82, 2.24) is 9.55 Å². The molecule has 3 N–H and O–H groups in total. The molecule has 0 atom stereocenters. The zero-order chi connectivity index (χ0) is 14.0. The van der Waals surface area contributed by atoms with Gasteiger partial charge in [0.25, 0.3) is 5.56 Å². The average Bonchev–Trinajstić information content (AvgIpc) is 2.35. The van der Waals surface area contributed by atoms with Gasteiger partial charge in [0.2, 0.25) is 0 Å². The van der Waals surface area contributed by atoms with Gasteiger partial charge in [-0.05, 0) is 23.8 Å². The normalized spacial score (nSPS) is 10.1. The lowest BCUT2D eigenvalue weighted by Gasteiger charge is -2.06. The predicted molar refractivity (Wildman–Crippen MR) is 66.0 cm³/mol. The summed E-state index contributed by atoms with van der Waals surface area (Å²) in [5.41, 5.74) is 4.54. The molecule has 1 heterocycles. The molecule has 1 aromatic carbocycles. The van der Waals surface area contributed by atoms with E-state index in [-0.39, 0.29) is 17.8 Å². The number of aromatic amines is 1. The van der Waals surface area contributed by atoms with E-state index < -0.39 is 17.1 Å². The van der Waals surface area contributed by atoms with Gasteiger partial charge in [0.15, 0.2) is 0 Å². The van der Waals surface area contributed by atoms with Gasteiger partial charge in [-0.2, -0.15) is 5.26 Å². The second-order valence-corrected chi connectivity index (χ2v) is 3.93. The van der Waals surface area contributed by atoms with Crippen LogP contribution in [0.4, 0.5) is 10.1 Å². The highest BCUT2D eigenvalue weighted by atomic mass is 19.1. The number of benzene rings is 1. The van der Waals surface area contributed by atoms with Crippen LogP contribution < -0.4 is 17.0 Å². The largest absolute Gasteiger partial charge is 0.393 e. The highest BCUT2D eigenvalue weighted by Crippen LogP contribution is 2.09. The fourth-order valence-corrected chi connectivity index (χ4v) is 1.65. The summed E-state index contributed by atoms with van der Waals surface area (Å²) in [6.07, 6.45) is 1.18. The number of nitrogens with one attached hydrogen (secondary N) is 1. The van der Waals surface area contributed by atoms with Crippen molar-refractivity contribution in [2.75, 3.05) is 5.73 Å². The van der Waals surface area contributed by atoms with Crippen molar-refractivity contribution in [3.63, 3.8) is 0 Å². The lowest BCUT2D eigenvalue weighted by atomic mass is 10.1. The maximum atomic E-state index is 13.2. The SMILES string of the molecule is N#Cc1cc(F)cc(Cn2cc(N)c(=O)[nH]c2=O)c1. The molecule has 0 spiro atoms. The van der Waals surface area contributed by atoms with E-state index in [0.717, 1.165) is 10.6 Å². The topological polar surface area (TPSA) is 105 Å². The average molecular weight is 260 g/mol. The molecule has 19 heavy (non-hydrogen) atoms. The highest BCUT2D eigenvalue weighted by Gasteiger charge is 2.05.